The summed E-state index contributed by atoms with van der Waals surface area (Å²) in [5, 5.41) is 48.2. The van der Waals surface area contributed by atoms with Crippen LogP contribution in [-0.2, 0) is 32.2 Å². The number of aliphatic hydroxyl groups excluding tert-OH is 5. The molecule has 6 rings (SSSR count). The van der Waals surface area contributed by atoms with Crippen molar-refractivity contribution >= 4 is 0 Å². The highest BCUT2D eigenvalue weighted by Gasteiger charge is 2.46. The Kier molecular flexibility index (Phi) is 13.3. The Labute approximate surface area is 281 Å². The van der Waals surface area contributed by atoms with Crippen LogP contribution in [0.2, 0.25) is 0 Å². The van der Waals surface area contributed by atoms with Gasteiger partial charge in [-0.1, -0.05) is 128 Å². The van der Waals surface area contributed by atoms with E-state index in [0.29, 0.717) is 18.8 Å². The minimum absolute atomic E-state index is 0.0190. The van der Waals surface area contributed by atoms with Gasteiger partial charge in [0.2, 0.25) is 0 Å². The lowest BCUT2D eigenvalue weighted by Gasteiger charge is -2.45. The molecule has 9 nitrogen and oxygen atoms in total. The lowest BCUT2D eigenvalue weighted by molar-refractivity contribution is -0.240. The zero-order valence-electron chi connectivity index (χ0n) is 27.0. The van der Waals surface area contributed by atoms with Crippen molar-refractivity contribution in [3.05, 3.63) is 144 Å². The molecule has 0 bridgehead atoms. The molecule has 0 aromatic heterocycles. The standard InChI is InChI=1S/C27H30O4.C12H16O5/c1-20-24(17-28)31-26(23-15-9-4-10-16-23)27(30-19-22-13-7-3-8-14-22)25(20)29-18-21-11-5-2-6-12-21;13-6-8-9(14)10(15)11(16)12(17-8)7-4-2-1-3-5-7/h2-16,20,24-28H,17-19H2,1H3;1-5,8-16H,6H2/t20?,24-,25+,26+,27?;8-,9?,10+,11?,12+/m11/s1. The first kappa shape index (κ1) is 35.8. The quantitative estimate of drug-likeness (QED) is 0.170. The molecule has 0 amide bonds. The molecule has 4 aromatic rings. The zero-order valence-corrected chi connectivity index (χ0v) is 27.0. The number of hydrogen-bond acceptors (Lipinski definition) is 9. The molecule has 0 aliphatic carbocycles. The monoisotopic (exact) mass is 658 g/mol. The minimum atomic E-state index is -1.33. The molecular formula is C39H46O9. The van der Waals surface area contributed by atoms with Crippen LogP contribution >= 0.6 is 0 Å². The summed E-state index contributed by atoms with van der Waals surface area (Å²) in [4.78, 5) is 0. The van der Waals surface area contributed by atoms with E-state index in [2.05, 4.69) is 31.2 Å². The summed E-state index contributed by atoms with van der Waals surface area (Å²) in [5.41, 5.74) is 3.94. The van der Waals surface area contributed by atoms with Crippen molar-refractivity contribution in [1.82, 2.24) is 0 Å². The van der Waals surface area contributed by atoms with Gasteiger partial charge in [-0.15, -0.1) is 0 Å². The molecule has 0 saturated carbocycles. The van der Waals surface area contributed by atoms with Crippen LogP contribution in [0.4, 0.5) is 0 Å². The summed E-state index contributed by atoms with van der Waals surface area (Å²) in [6.45, 7) is 2.56. The van der Waals surface area contributed by atoms with Crippen molar-refractivity contribution in [3.8, 4) is 0 Å². The fourth-order valence-electron chi connectivity index (χ4n) is 6.18. The number of benzene rings is 4. The third-order valence-corrected chi connectivity index (χ3v) is 8.95. The van der Waals surface area contributed by atoms with Gasteiger partial charge < -0.3 is 44.5 Å². The molecule has 0 radical (unpaired) electrons. The molecule has 2 heterocycles. The Hall–Kier alpha value is -3.48. The first-order valence-electron chi connectivity index (χ1n) is 16.4. The van der Waals surface area contributed by atoms with Crippen molar-refractivity contribution in [1.29, 1.82) is 0 Å². The maximum Gasteiger partial charge on any atom is 0.115 e. The summed E-state index contributed by atoms with van der Waals surface area (Å²) in [6, 6.07) is 39.3. The second kappa shape index (κ2) is 17.8. The highest BCUT2D eigenvalue weighted by Crippen LogP contribution is 2.39. The van der Waals surface area contributed by atoms with Gasteiger partial charge in [0, 0.05) is 5.92 Å². The van der Waals surface area contributed by atoms with Gasteiger partial charge in [-0.05, 0) is 22.3 Å². The predicted molar refractivity (Wildman–Crippen MR) is 180 cm³/mol. The molecule has 48 heavy (non-hydrogen) atoms. The van der Waals surface area contributed by atoms with Gasteiger partial charge >= 0.3 is 0 Å². The van der Waals surface area contributed by atoms with Gasteiger partial charge in [0.25, 0.3) is 0 Å². The molecule has 5 N–H and O–H groups in total. The van der Waals surface area contributed by atoms with Gasteiger partial charge in [0.1, 0.15) is 42.7 Å². The van der Waals surface area contributed by atoms with E-state index in [1.165, 1.54) is 0 Å². The van der Waals surface area contributed by atoms with E-state index in [1.807, 2.05) is 72.8 Å². The highest BCUT2D eigenvalue weighted by molar-refractivity contribution is 5.22. The maximum absolute atomic E-state index is 10.0. The van der Waals surface area contributed by atoms with Crippen LogP contribution in [0.3, 0.4) is 0 Å². The van der Waals surface area contributed by atoms with Crippen molar-refractivity contribution in [2.45, 2.75) is 75.1 Å². The summed E-state index contributed by atoms with van der Waals surface area (Å²) in [7, 11) is 0. The van der Waals surface area contributed by atoms with Gasteiger partial charge in [-0.3, -0.25) is 0 Å². The van der Waals surface area contributed by atoms with Gasteiger partial charge in [0.15, 0.2) is 0 Å². The SMILES string of the molecule is CC1[C@H](OCc2ccccc2)C(OCc2ccccc2)[C@H](c2ccccc2)O[C@@H]1CO.OC[C@H]1O[C@@H](c2ccccc2)C(O)[C@@H](O)C1O. The smallest absolute Gasteiger partial charge is 0.115 e. The van der Waals surface area contributed by atoms with Crippen LogP contribution in [0.1, 0.15) is 41.4 Å². The number of rotatable bonds is 10. The topological polar surface area (TPSA) is 138 Å². The normalized spacial score (nSPS) is 30.2. The molecule has 4 aromatic carbocycles. The lowest BCUT2D eigenvalue weighted by Crippen LogP contribution is -2.55. The fraction of sp³-hybridized carbons (Fsp3) is 0.385. The van der Waals surface area contributed by atoms with E-state index in [-0.39, 0.29) is 36.9 Å². The molecule has 256 valence electrons. The Morgan fingerprint density at radius 2 is 0.917 bits per heavy atom. The van der Waals surface area contributed by atoms with Crippen LogP contribution in [0.5, 0.6) is 0 Å². The van der Waals surface area contributed by atoms with E-state index in [0.717, 1.165) is 16.7 Å². The Balaban J connectivity index is 0.000000224. The first-order valence-corrected chi connectivity index (χ1v) is 16.4. The largest absolute Gasteiger partial charge is 0.394 e. The molecule has 9 heteroatoms. The molecule has 2 fully saturated rings. The highest BCUT2D eigenvalue weighted by atomic mass is 16.6. The van der Waals surface area contributed by atoms with E-state index in [9.17, 15) is 20.4 Å². The third kappa shape index (κ3) is 8.95. The number of aliphatic hydroxyl groups is 5. The summed E-state index contributed by atoms with van der Waals surface area (Å²) >= 11 is 0. The number of ether oxygens (including phenoxy) is 4. The van der Waals surface area contributed by atoms with Crippen molar-refractivity contribution < 1.29 is 44.5 Å². The van der Waals surface area contributed by atoms with Crippen molar-refractivity contribution in [2.24, 2.45) is 5.92 Å². The van der Waals surface area contributed by atoms with Gasteiger partial charge in [-0.2, -0.15) is 0 Å². The second-order valence-electron chi connectivity index (χ2n) is 12.2. The molecule has 10 atom stereocenters. The first-order chi connectivity index (χ1) is 23.4. The molecule has 2 aliphatic heterocycles. The van der Waals surface area contributed by atoms with Crippen molar-refractivity contribution in [2.75, 3.05) is 13.2 Å². The Morgan fingerprint density at radius 3 is 1.40 bits per heavy atom. The van der Waals surface area contributed by atoms with Crippen LogP contribution in [-0.4, -0.2) is 81.5 Å². The summed E-state index contributed by atoms with van der Waals surface area (Å²) in [6.07, 6.45) is -6.62. The van der Waals surface area contributed by atoms with Gasteiger partial charge in [0.05, 0.1) is 38.6 Å². The fourth-order valence-corrected chi connectivity index (χ4v) is 6.18. The average molecular weight is 659 g/mol. The molecular weight excluding hydrogens is 612 g/mol. The van der Waals surface area contributed by atoms with Crippen LogP contribution in [0, 0.1) is 5.92 Å². The van der Waals surface area contributed by atoms with E-state index >= 15 is 0 Å². The molecule has 2 aliphatic rings. The van der Waals surface area contributed by atoms with Gasteiger partial charge in [-0.25, -0.2) is 0 Å². The molecule has 2 saturated heterocycles. The van der Waals surface area contributed by atoms with E-state index in [4.69, 9.17) is 24.1 Å². The van der Waals surface area contributed by atoms with Crippen LogP contribution in [0.25, 0.3) is 0 Å². The third-order valence-electron chi connectivity index (χ3n) is 8.95. The Bertz CT molecular complexity index is 1460. The minimum Gasteiger partial charge on any atom is -0.394 e. The predicted octanol–water partition coefficient (Wildman–Crippen LogP) is 4.13. The zero-order chi connectivity index (χ0) is 33.9. The summed E-state index contributed by atoms with van der Waals surface area (Å²) < 4.78 is 24.7. The van der Waals surface area contributed by atoms with E-state index < -0.39 is 37.1 Å². The van der Waals surface area contributed by atoms with Crippen LogP contribution in [0.15, 0.2) is 121 Å². The molecule has 4 unspecified atom stereocenters. The van der Waals surface area contributed by atoms with E-state index in [1.54, 1.807) is 24.3 Å². The van der Waals surface area contributed by atoms with Crippen molar-refractivity contribution in [3.63, 3.8) is 0 Å². The summed E-state index contributed by atoms with van der Waals surface area (Å²) in [5.74, 6) is -0.0190. The maximum atomic E-state index is 10.0. The molecule has 0 spiro atoms. The second-order valence-corrected chi connectivity index (χ2v) is 12.2. The Morgan fingerprint density at radius 1 is 0.500 bits per heavy atom. The average Bonchev–Trinajstić information content (AvgIpc) is 3.14. The number of hydrogen-bond donors (Lipinski definition) is 5. The van der Waals surface area contributed by atoms with Crippen LogP contribution < -0.4 is 0 Å². The lowest BCUT2D eigenvalue weighted by atomic mass is 9.85.